The van der Waals surface area contributed by atoms with Gasteiger partial charge in [-0.25, -0.2) is 4.98 Å². The van der Waals surface area contributed by atoms with Crippen LogP contribution >= 0.6 is 11.3 Å². The number of anilines is 1. The number of morpholine rings is 1. The van der Waals surface area contributed by atoms with Gasteiger partial charge in [-0.3, -0.25) is 4.90 Å². The highest BCUT2D eigenvalue weighted by Crippen LogP contribution is 2.34. The molecule has 1 aliphatic heterocycles. The van der Waals surface area contributed by atoms with Gasteiger partial charge in [0.25, 0.3) is 0 Å². The van der Waals surface area contributed by atoms with E-state index in [9.17, 15) is 0 Å². The van der Waals surface area contributed by atoms with Gasteiger partial charge in [0.05, 0.1) is 33.1 Å². The summed E-state index contributed by atoms with van der Waals surface area (Å²) >= 11 is 1.61. The lowest BCUT2D eigenvalue weighted by atomic mass is 10.1. The van der Waals surface area contributed by atoms with E-state index in [0.29, 0.717) is 0 Å². The van der Waals surface area contributed by atoms with E-state index in [0.717, 1.165) is 73.7 Å². The zero-order valence-electron chi connectivity index (χ0n) is 14.8. The number of nitrogens with one attached hydrogen (secondary N) is 1. The lowest BCUT2D eigenvalue weighted by Gasteiger charge is -2.26. The minimum Gasteiger partial charge on any atom is -0.497 e. The summed E-state index contributed by atoms with van der Waals surface area (Å²) in [7, 11) is 3.33. The lowest BCUT2D eigenvalue weighted by molar-refractivity contribution is 0.0378. The number of hydrogen-bond donors (Lipinski definition) is 1. The molecule has 0 aliphatic carbocycles. The standard InChI is InChI=1S/C18H25N3O3S/c1-22-14-4-5-17(23-2)15(12-14)16-13-25-18(20-16)19-6-3-7-21-8-10-24-11-9-21/h4-5,12-13H,3,6-11H2,1-2H3,(H,19,20). The van der Waals surface area contributed by atoms with Crippen molar-refractivity contribution < 1.29 is 14.2 Å². The van der Waals surface area contributed by atoms with Gasteiger partial charge in [-0.05, 0) is 31.2 Å². The van der Waals surface area contributed by atoms with E-state index in [1.54, 1.807) is 25.6 Å². The van der Waals surface area contributed by atoms with Crippen molar-refractivity contribution in [3.63, 3.8) is 0 Å². The first kappa shape index (κ1) is 18.0. The molecule has 136 valence electrons. The summed E-state index contributed by atoms with van der Waals surface area (Å²) in [6, 6.07) is 5.75. The van der Waals surface area contributed by atoms with E-state index in [1.165, 1.54) is 0 Å². The van der Waals surface area contributed by atoms with Crippen molar-refractivity contribution >= 4 is 16.5 Å². The van der Waals surface area contributed by atoms with Crippen molar-refractivity contribution in [2.24, 2.45) is 0 Å². The van der Waals surface area contributed by atoms with Gasteiger partial charge in [0.1, 0.15) is 11.5 Å². The van der Waals surface area contributed by atoms with E-state index in [-0.39, 0.29) is 0 Å². The highest BCUT2D eigenvalue weighted by Gasteiger charge is 2.12. The maximum atomic E-state index is 5.45. The van der Waals surface area contributed by atoms with Crippen molar-refractivity contribution in [1.82, 2.24) is 9.88 Å². The molecule has 1 aromatic carbocycles. The van der Waals surface area contributed by atoms with Crippen LogP contribution < -0.4 is 14.8 Å². The molecule has 0 bridgehead atoms. The smallest absolute Gasteiger partial charge is 0.183 e. The van der Waals surface area contributed by atoms with Crippen molar-refractivity contribution in [3.8, 4) is 22.8 Å². The topological polar surface area (TPSA) is 55.9 Å². The van der Waals surface area contributed by atoms with Crippen LogP contribution in [0.2, 0.25) is 0 Å². The number of aromatic nitrogens is 1. The summed E-state index contributed by atoms with van der Waals surface area (Å²) in [4.78, 5) is 7.13. The van der Waals surface area contributed by atoms with Gasteiger partial charge >= 0.3 is 0 Å². The van der Waals surface area contributed by atoms with Crippen LogP contribution in [0.3, 0.4) is 0 Å². The summed E-state index contributed by atoms with van der Waals surface area (Å²) in [5, 5.41) is 6.39. The van der Waals surface area contributed by atoms with Crippen molar-refractivity contribution in [3.05, 3.63) is 23.6 Å². The number of rotatable bonds is 8. The lowest BCUT2D eigenvalue weighted by Crippen LogP contribution is -2.37. The molecule has 25 heavy (non-hydrogen) atoms. The van der Waals surface area contributed by atoms with E-state index < -0.39 is 0 Å². The third kappa shape index (κ3) is 4.84. The van der Waals surface area contributed by atoms with Gasteiger partial charge in [-0.1, -0.05) is 0 Å². The quantitative estimate of drug-likeness (QED) is 0.728. The Balaban J connectivity index is 1.55. The highest BCUT2D eigenvalue weighted by atomic mass is 32.1. The number of benzene rings is 1. The summed E-state index contributed by atoms with van der Waals surface area (Å²) in [5.74, 6) is 1.59. The molecule has 0 unspecified atom stereocenters. The minimum atomic E-state index is 0.795. The Morgan fingerprint density at radius 1 is 1.24 bits per heavy atom. The Bertz CT molecular complexity index is 671. The second-order valence-electron chi connectivity index (χ2n) is 5.84. The third-order valence-electron chi connectivity index (χ3n) is 4.22. The van der Waals surface area contributed by atoms with Gasteiger partial charge in [0, 0.05) is 30.6 Å². The van der Waals surface area contributed by atoms with Crippen LogP contribution in [0.15, 0.2) is 23.6 Å². The molecular formula is C18H25N3O3S. The molecule has 0 saturated carbocycles. The number of hydrogen-bond acceptors (Lipinski definition) is 7. The molecule has 7 heteroatoms. The average molecular weight is 363 g/mol. The third-order valence-corrected chi connectivity index (χ3v) is 5.02. The Morgan fingerprint density at radius 2 is 2.08 bits per heavy atom. The predicted molar refractivity (Wildman–Crippen MR) is 101 cm³/mol. The number of ether oxygens (including phenoxy) is 3. The Labute approximate surface area is 152 Å². The molecule has 3 rings (SSSR count). The van der Waals surface area contributed by atoms with Crippen LogP contribution in [0.5, 0.6) is 11.5 Å². The number of thiazole rings is 1. The second-order valence-corrected chi connectivity index (χ2v) is 6.70. The zero-order valence-corrected chi connectivity index (χ0v) is 15.6. The largest absolute Gasteiger partial charge is 0.497 e. The first-order chi connectivity index (χ1) is 12.3. The fourth-order valence-corrected chi connectivity index (χ4v) is 3.56. The molecule has 6 nitrogen and oxygen atoms in total. The van der Waals surface area contributed by atoms with Gasteiger partial charge in [0.2, 0.25) is 0 Å². The molecule has 2 aromatic rings. The van der Waals surface area contributed by atoms with Gasteiger partial charge in [-0.2, -0.15) is 0 Å². The van der Waals surface area contributed by atoms with Crippen molar-refractivity contribution in [2.75, 3.05) is 58.9 Å². The van der Waals surface area contributed by atoms with Gasteiger partial charge in [0.15, 0.2) is 5.13 Å². The maximum absolute atomic E-state index is 5.45. The molecule has 1 saturated heterocycles. The first-order valence-electron chi connectivity index (χ1n) is 8.52. The van der Waals surface area contributed by atoms with E-state index >= 15 is 0 Å². The summed E-state index contributed by atoms with van der Waals surface area (Å²) in [6.45, 7) is 5.79. The minimum absolute atomic E-state index is 0.795. The molecule has 1 fully saturated rings. The Hall–Kier alpha value is -1.83. The summed E-state index contributed by atoms with van der Waals surface area (Å²) in [6.07, 6.45) is 1.09. The SMILES string of the molecule is COc1ccc(OC)c(-c2csc(NCCCN3CCOCC3)n2)c1. The van der Waals surface area contributed by atoms with E-state index in [1.807, 2.05) is 23.6 Å². The van der Waals surface area contributed by atoms with Crippen LogP contribution in [0.4, 0.5) is 5.13 Å². The normalized spacial score (nSPS) is 15.1. The molecule has 1 aromatic heterocycles. The predicted octanol–water partition coefficient (Wildman–Crippen LogP) is 2.96. The molecular weight excluding hydrogens is 338 g/mol. The maximum Gasteiger partial charge on any atom is 0.183 e. The van der Waals surface area contributed by atoms with E-state index in [2.05, 4.69) is 15.2 Å². The Kier molecular flexibility index (Phi) is 6.49. The molecule has 1 N–H and O–H groups in total. The first-order valence-corrected chi connectivity index (χ1v) is 9.40. The van der Waals surface area contributed by atoms with E-state index in [4.69, 9.17) is 14.2 Å². The van der Waals surface area contributed by atoms with Crippen LogP contribution in [0.25, 0.3) is 11.3 Å². The van der Waals surface area contributed by atoms with Crippen molar-refractivity contribution in [1.29, 1.82) is 0 Å². The Morgan fingerprint density at radius 3 is 2.84 bits per heavy atom. The number of nitrogens with zero attached hydrogens (tertiary/aromatic N) is 2. The van der Waals surface area contributed by atoms with Crippen molar-refractivity contribution in [2.45, 2.75) is 6.42 Å². The number of methoxy groups -OCH3 is 2. The van der Waals surface area contributed by atoms with Gasteiger partial charge < -0.3 is 19.5 Å². The summed E-state index contributed by atoms with van der Waals surface area (Å²) < 4.78 is 16.1. The zero-order chi connectivity index (χ0) is 17.5. The fraction of sp³-hybridized carbons (Fsp3) is 0.500. The summed E-state index contributed by atoms with van der Waals surface area (Å²) in [5.41, 5.74) is 1.84. The molecule has 0 atom stereocenters. The molecule has 0 radical (unpaired) electrons. The van der Waals surface area contributed by atoms with Crippen LogP contribution in [0.1, 0.15) is 6.42 Å². The van der Waals surface area contributed by atoms with Gasteiger partial charge in [-0.15, -0.1) is 11.3 Å². The molecule has 1 aliphatic rings. The molecule has 0 amide bonds. The van der Waals surface area contributed by atoms with Crippen LogP contribution in [-0.4, -0.2) is 63.5 Å². The van der Waals surface area contributed by atoms with Crippen LogP contribution in [-0.2, 0) is 4.74 Å². The monoisotopic (exact) mass is 363 g/mol. The average Bonchev–Trinajstić information content (AvgIpc) is 3.14. The second kappa shape index (κ2) is 9.03. The molecule has 2 heterocycles. The fourth-order valence-electron chi connectivity index (χ4n) is 2.82. The molecule has 0 spiro atoms. The van der Waals surface area contributed by atoms with Crippen LogP contribution in [0, 0.1) is 0 Å². The highest BCUT2D eigenvalue weighted by molar-refractivity contribution is 7.14.